The van der Waals surface area contributed by atoms with E-state index in [0.717, 1.165) is 19.3 Å². The summed E-state index contributed by atoms with van der Waals surface area (Å²) in [6.07, 6.45) is 3.99. The van der Waals surface area contributed by atoms with E-state index in [1.165, 1.54) is 0 Å². The van der Waals surface area contributed by atoms with Crippen molar-refractivity contribution in [1.29, 1.82) is 0 Å². The normalized spacial score (nSPS) is 24.1. The van der Waals surface area contributed by atoms with Crippen LogP contribution in [0.4, 0.5) is 0 Å². The molecule has 1 fully saturated rings. The number of rotatable bonds is 6. The zero-order valence-corrected chi connectivity index (χ0v) is 13.4. The monoisotopic (exact) mass is 292 g/mol. The Hall–Kier alpha value is -0.320. The highest BCUT2D eigenvalue weighted by atomic mass is 35.5. The number of ether oxygens (including phenoxy) is 1. The van der Waals surface area contributed by atoms with Crippen molar-refractivity contribution in [3.05, 3.63) is 0 Å². The fourth-order valence-electron chi connectivity index (χ4n) is 2.61. The molecule has 0 aromatic rings. The van der Waals surface area contributed by atoms with Gasteiger partial charge in [-0.1, -0.05) is 6.42 Å². The van der Waals surface area contributed by atoms with Gasteiger partial charge in [-0.3, -0.25) is 4.79 Å². The summed E-state index contributed by atoms with van der Waals surface area (Å²) in [6.45, 7) is 6.75. The minimum atomic E-state index is 0. The second kappa shape index (κ2) is 8.77. The third kappa shape index (κ3) is 5.67. The molecular formula is C14H29ClN2O2. The van der Waals surface area contributed by atoms with Crippen LogP contribution in [0.3, 0.4) is 0 Å². The summed E-state index contributed by atoms with van der Waals surface area (Å²) in [7, 11) is 1.68. The van der Waals surface area contributed by atoms with Gasteiger partial charge < -0.3 is 15.4 Å². The summed E-state index contributed by atoms with van der Waals surface area (Å²) in [5, 5.41) is 0. The van der Waals surface area contributed by atoms with E-state index in [4.69, 9.17) is 10.5 Å². The first-order valence-electron chi connectivity index (χ1n) is 7.03. The standard InChI is InChI=1S/C14H28N2O2.ClH/c1-10(2)16(9-11(3)18-4)14(17)8-12-6-5-7-13(12)15;/h10-13H,5-9,15H2,1-4H3;1H/t11?,12-,13+;/m0./s1. The molecule has 0 saturated heterocycles. The SMILES string of the molecule is COC(C)CN(C(=O)C[C@@H]1CCC[C@H]1N)C(C)C.Cl. The molecule has 0 heterocycles. The van der Waals surface area contributed by atoms with E-state index >= 15 is 0 Å². The Morgan fingerprint density at radius 3 is 2.42 bits per heavy atom. The lowest BCUT2D eigenvalue weighted by Crippen LogP contribution is -2.43. The summed E-state index contributed by atoms with van der Waals surface area (Å²) in [6, 6.07) is 0.426. The van der Waals surface area contributed by atoms with Gasteiger partial charge in [0.25, 0.3) is 0 Å². The highest BCUT2D eigenvalue weighted by molar-refractivity contribution is 5.85. The van der Waals surface area contributed by atoms with Crippen molar-refractivity contribution >= 4 is 18.3 Å². The van der Waals surface area contributed by atoms with Crippen LogP contribution in [0.5, 0.6) is 0 Å². The Labute approximate surface area is 123 Å². The Kier molecular flexibility index (Phi) is 8.62. The van der Waals surface area contributed by atoms with Crippen molar-refractivity contribution < 1.29 is 9.53 Å². The number of nitrogens with zero attached hydrogens (tertiary/aromatic N) is 1. The number of carbonyl (C=O) groups is 1. The van der Waals surface area contributed by atoms with Gasteiger partial charge in [-0.2, -0.15) is 0 Å². The third-order valence-corrected chi connectivity index (χ3v) is 3.95. The van der Waals surface area contributed by atoms with Gasteiger partial charge in [-0.15, -0.1) is 12.4 Å². The maximum atomic E-state index is 12.4. The van der Waals surface area contributed by atoms with Crippen LogP contribution in [-0.4, -0.2) is 42.6 Å². The van der Waals surface area contributed by atoms with Crippen LogP contribution in [0, 0.1) is 5.92 Å². The smallest absolute Gasteiger partial charge is 0.223 e. The lowest BCUT2D eigenvalue weighted by atomic mass is 9.99. The summed E-state index contributed by atoms with van der Waals surface area (Å²) in [4.78, 5) is 14.3. The minimum Gasteiger partial charge on any atom is -0.380 e. The number of methoxy groups -OCH3 is 1. The fraction of sp³-hybridized carbons (Fsp3) is 0.929. The van der Waals surface area contributed by atoms with E-state index in [1.54, 1.807) is 7.11 Å². The molecule has 19 heavy (non-hydrogen) atoms. The van der Waals surface area contributed by atoms with E-state index in [1.807, 2.05) is 11.8 Å². The van der Waals surface area contributed by atoms with Crippen molar-refractivity contribution in [1.82, 2.24) is 4.90 Å². The predicted octanol–water partition coefficient (Wildman–Crippen LogP) is 2.20. The molecule has 0 radical (unpaired) electrons. The van der Waals surface area contributed by atoms with Crippen molar-refractivity contribution in [3.63, 3.8) is 0 Å². The van der Waals surface area contributed by atoms with Gasteiger partial charge in [0.05, 0.1) is 6.10 Å². The van der Waals surface area contributed by atoms with Gasteiger partial charge in [0.2, 0.25) is 5.91 Å². The second-order valence-electron chi connectivity index (χ2n) is 5.75. The van der Waals surface area contributed by atoms with Crippen LogP contribution in [0.2, 0.25) is 0 Å². The number of halogens is 1. The molecule has 0 spiro atoms. The molecule has 1 aliphatic carbocycles. The van der Waals surface area contributed by atoms with Crippen LogP contribution in [-0.2, 0) is 9.53 Å². The largest absolute Gasteiger partial charge is 0.380 e. The summed E-state index contributed by atoms with van der Waals surface area (Å²) < 4.78 is 5.25. The maximum Gasteiger partial charge on any atom is 0.223 e. The van der Waals surface area contributed by atoms with Gasteiger partial charge in [0.15, 0.2) is 0 Å². The molecule has 3 atom stereocenters. The highest BCUT2D eigenvalue weighted by Crippen LogP contribution is 2.27. The topological polar surface area (TPSA) is 55.6 Å². The lowest BCUT2D eigenvalue weighted by Gasteiger charge is -2.30. The number of nitrogens with two attached hydrogens (primary N) is 1. The maximum absolute atomic E-state index is 12.4. The molecule has 1 aliphatic rings. The molecule has 2 N–H and O–H groups in total. The molecule has 0 bridgehead atoms. The molecule has 0 aromatic carbocycles. The summed E-state index contributed by atoms with van der Waals surface area (Å²) in [5.41, 5.74) is 6.04. The van der Waals surface area contributed by atoms with Crippen molar-refractivity contribution in [2.75, 3.05) is 13.7 Å². The molecule has 1 unspecified atom stereocenters. The quantitative estimate of drug-likeness (QED) is 0.816. The van der Waals surface area contributed by atoms with E-state index < -0.39 is 0 Å². The molecule has 114 valence electrons. The number of hydrogen-bond donors (Lipinski definition) is 1. The number of carbonyl (C=O) groups excluding carboxylic acids is 1. The lowest BCUT2D eigenvalue weighted by molar-refractivity contribution is -0.135. The van der Waals surface area contributed by atoms with Crippen molar-refractivity contribution in [2.45, 2.75) is 64.6 Å². The van der Waals surface area contributed by atoms with Gasteiger partial charge in [0.1, 0.15) is 0 Å². The second-order valence-corrected chi connectivity index (χ2v) is 5.75. The first kappa shape index (κ1) is 18.7. The van der Waals surface area contributed by atoms with Crippen LogP contribution in [0.15, 0.2) is 0 Å². The van der Waals surface area contributed by atoms with Gasteiger partial charge in [0, 0.05) is 32.2 Å². The molecule has 5 heteroatoms. The van der Waals surface area contributed by atoms with E-state index in [-0.39, 0.29) is 36.5 Å². The van der Waals surface area contributed by atoms with E-state index in [9.17, 15) is 4.79 Å². The Bertz CT molecular complexity index is 274. The minimum absolute atomic E-state index is 0. The van der Waals surface area contributed by atoms with Crippen molar-refractivity contribution in [2.24, 2.45) is 11.7 Å². The van der Waals surface area contributed by atoms with Crippen LogP contribution in [0.1, 0.15) is 46.5 Å². The Balaban J connectivity index is 0.00000324. The van der Waals surface area contributed by atoms with Gasteiger partial charge >= 0.3 is 0 Å². The predicted molar refractivity (Wildman–Crippen MR) is 80.5 cm³/mol. The average molecular weight is 293 g/mol. The Morgan fingerprint density at radius 1 is 1.37 bits per heavy atom. The fourth-order valence-corrected chi connectivity index (χ4v) is 2.61. The molecular weight excluding hydrogens is 264 g/mol. The molecule has 1 rings (SSSR count). The van der Waals surface area contributed by atoms with E-state index in [2.05, 4.69) is 13.8 Å². The number of hydrogen-bond acceptors (Lipinski definition) is 3. The third-order valence-electron chi connectivity index (χ3n) is 3.95. The zero-order chi connectivity index (χ0) is 13.7. The van der Waals surface area contributed by atoms with Crippen LogP contribution < -0.4 is 5.73 Å². The summed E-state index contributed by atoms with van der Waals surface area (Å²) >= 11 is 0. The number of amides is 1. The first-order valence-corrected chi connectivity index (χ1v) is 7.03. The summed E-state index contributed by atoms with van der Waals surface area (Å²) in [5.74, 6) is 0.591. The van der Waals surface area contributed by atoms with Crippen LogP contribution >= 0.6 is 12.4 Å². The van der Waals surface area contributed by atoms with Crippen LogP contribution in [0.25, 0.3) is 0 Å². The molecule has 1 saturated carbocycles. The first-order chi connectivity index (χ1) is 8.45. The average Bonchev–Trinajstić information content (AvgIpc) is 2.71. The zero-order valence-electron chi connectivity index (χ0n) is 12.6. The van der Waals surface area contributed by atoms with Gasteiger partial charge in [-0.25, -0.2) is 0 Å². The molecule has 0 aromatic heterocycles. The Morgan fingerprint density at radius 2 is 2.00 bits per heavy atom. The molecule has 4 nitrogen and oxygen atoms in total. The highest BCUT2D eigenvalue weighted by Gasteiger charge is 2.29. The van der Waals surface area contributed by atoms with Gasteiger partial charge in [-0.05, 0) is 39.5 Å². The van der Waals surface area contributed by atoms with E-state index in [0.29, 0.717) is 18.9 Å². The van der Waals surface area contributed by atoms with Crippen molar-refractivity contribution in [3.8, 4) is 0 Å². The molecule has 1 amide bonds. The molecule has 0 aliphatic heterocycles.